The van der Waals surface area contributed by atoms with Crippen molar-refractivity contribution in [3.8, 4) is 0 Å². The summed E-state index contributed by atoms with van der Waals surface area (Å²) in [6, 6.07) is 3.24. The number of rotatable bonds is 1. The lowest BCUT2D eigenvalue weighted by Gasteiger charge is -2.25. The Kier molecular flexibility index (Phi) is 3.34. The monoisotopic (exact) mass is 280 g/mol. The first-order valence-corrected chi connectivity index (χ1v) is 6.17. The highest BCUT2D eigenvalue weighted by atomic mass is 35.5. The molecule has 1 aromatic carbocycles. The van der Waals surface area contributed by atoms with Crippen molar-refractivity contribution in [1.29, 1.82) is 0 Å². The molecular formula is C13H13ClF4. The van der Waals surface area contributed by atoms with Gasteiger partial charge < -0.3 is 0 Å². The Bertz CT molecular complexity index is 455. The Balaban J connectivity index is 2.42. The second kappa shape index (κ2) is 4.41. The fourth-order valence-corrected chi connectivity index (χ4v) is 3.00. The Morgan fingerprint density at radius 3 is 2.50 bits per heavy atom. The van der Waals surface area contributed by atoms with Gasteiger partial charge in [0.1, 0.15) is 5.82 Å². The van der Waals surface area contributed by atoms with Gasteiger partial charge in [0.2, 0.25) is 0 Å². The maximum Gasteiger partial charge on any atom is 0.419 e. The van der Waals surface area contributed by atoms with Gasteiger partial charge in [-0.1, -0.05) is 13.0 Å². The van der Waals surface area contributed by atoms with E-state index >= 15 is 0 Å². The van der Waals surface area contributed by atoms with Crippen molar-refractivity contribution >= 4 is 11.6 Å². The number of benzene rings is 1. The smallest absolute Gasteiger partial charge is 0.206 e. The topological polar surface area (TPSA) is 0 Å². The molecule has 0 spiro atoms. The van der Waals surface area contributed by atoms with Crippen LogP contribution in [-0.2, 0) is 11.6 Å². The molecule has 18 heavy (non-hydrogen) atoms. The van der Waals surface area contributed by atoms with E-state index in [0.29, 0.717) is 12.0 Å². The molecule has 100 valence electrons. The molecule has 0 aliphatic heterocycles. The normalized spacial score (nSPS) is 28.7. The first-order chi connectivity index (χ1) is 8.22. The number of hydrogen-bond acceptors (Lipinski definition) is 0. The molecule has 1 aliphatic carbocycles. The number of alkyl halides is 4. The van der Waals surface area contributed by atoms with Crippen LogP contribution in [0.1, 0.15) is 37.3 Å². The van der Waals surface area contributed by atoms with Gasteiger partial charge >= 0.3 is 6.18 Å². The first-order valence-electron chi connectivity index (χ1n) is 5.74. The van der Waals surface area contributed by atoms with Gasteiger partial charge in [-0.2, -0.15) is 13.2 Å². The van der Waals surface area contributed by atoms with Gasteiger partial charge in [0.25, 0.3) is 0 Å². The van der Waals surface area contributed by atoms with Crippen LogP contribution in [0.5, 0.6) is 0 Å². The predicted octanol–water partition coefficient (Wildman–Crippen LogP) is 4.89. The summed E-state index contributed by atoms with van der Waals surface area (Å²) in [5.41, 5.74) is -1.07. The SMILES string of the molecule is CC1(c2ccc(F)c(C(F)(F)F)c2)CCC(Cl)C1. The van der Waals surface area contributed by atoms with Crippen LogP contribution in [0.3, 0.4) is 0 Å². The average Bonchev–Trinajstić information content (AvgIpc) is 2.58. The minimum atomic E-state index is -4.66. The van der Waals surface area contributed by atoms with E-state index in [4.69, 9.17) is 11.6 Å². The van der Waals surface area contributed by atoms with Gasteiger partial charge in [-0.25, -0.2) is 4.39 Å². The quantitative estimate of drug-likeness (QED) is 0.507. The summed E-state index contributed by atoms with van der Waals surface area (Å²) in [4.78, 5) is 0. The van der Waals surface area contributed by atoms with Crippen LogP contribution >= 0.6 is 11.6 Å². The summed E-state index contributed by atoms with van der Waals surface area (Å²) in [6.07, 6.45) is -2.53. The highest BCUT2D eigenvalue weighted by Gasteiger charge is 2.39. The van der Waals surface area contributed by atoms with E-state index in [1.165, 1.54) is 6.07 Å². The second-order valence-corrected chi connectivity index (χ2v) is 5.71. The molecule has 5 heteroatoms. The number of hydrogen-bond donors (Lipinski definition) is 0. The third-order valence-electron chi connectivity index (χ3n) is 3.65. The van der Waals surface area contributed by atoms with Crippen molar-refractivity contribution in [1.82, 2.24) is 0 Å². The average molecular weight is 281 g/mol. The number of halogens is 5. The maximum atomic E-state index is 13.2. The predicted molar refractivity (Wildman–Crippen MR) is 62.2 cm³/mol. The maximum absolute atomic E-state index is 13.2. The lowest BCUT2D eigenvalue weighted by molar-refractivity contribution is -0.140. The van der Waals surface area contributed by atoms with Crippen molar-refractivity contribution in [2.24, 2.45) is 0 Å². The van der Waals surface area contributed by atoms with Gasteiger partial charge in [-0.15, -0.1) is 11.6 Å². The van der Waals surface area contributed by atoms with Gasteiger partial charge in [-0.3, -0.25) is 0 Å². The largest absolute Gasteiger partial charge is 0.419 e. The summed E-state index contributed by atoms with van der Waals surface area (Å²) >= 11 is 6.01. The molecule has 1 saturated carbocycles. The highest BCUT2D eigenvalue weighted by molar-refractivity contribution is 6.20. The molecule has 2 unspecified atom stereocenters. The molecule has 2 atom stereocenters. The van der Waals surface area contributed by atoms with Crippen LogP contribution < -0.4 is 0 Å². The second-order valence-electron chi connectivity index (χ2n) is 5.09. The molecule has 1 fully saturated rings. The molecule has 0 radical (unpaired) electrons. The summed E-state index contributed by atoms with van der Waals surface area (Å²) in [7, 11) is 0. The van der Waals surface area contributed by atoms with Crippen LogP contribution in [0.2, 0.25) is 0 Å². The summed E-state index contributed by atoms with van der Waals surface area (Å²) < 4.78 is 51.2. The molecule has 0 saturated heterocycles. The van der Waals surface area contributed by atoms with Gasteiger partial charge in [0.05, 0.1) is 5.56 Å². The standard InChI is InChI=1S/C13H13ClF4/c1-12(5-4-9(14)7-12)8-2-3-11(15)10(6-8)13(16,17)18/h2-3,6,9H,4-5,7H2,1H3. The third kappa shape index (κ3) is 2.48. The zero-order valence-electron chi connectivity index (χ0n) is 9.82. The Morgan fingerprint density at radius 2 is 2.00 bits per heavy atom. The minimum absolute atomic E-state index is 0.0191. The molecular weight excluding hydrogens is 268 g/mol. The van der Waals surface area contributed by atoms with Gasteiger partial charge in [0, 0.05) is 5.38 Å². The van der Waals surface area contributed by atoms with E-state index in [0.717, 1.165) is 25.0 Å². The first kappa shape index (κ1) is 13.7. The molecule has 0 nitrogen and oxygen atoms in total. The molecule has 2 rings (SSSR count). The highest BCUT2D eigenvalue weighted by Crippen LogP contribution is 2.44. The molecule has 1 aromatic rings. The zero-order valence-corrected chi connectivity index (χ0v) is 10.6. The van der Waals surface area contributed by atoms with Gasteiger partial charge in [-0.05, 0) is 42.4 Å². The molecule has 0 aromatic heterocycles. The van der Waals surface area contributed by atoms with Crippen molar-refractivity contribution in [3.63, 3.8) is 0 Å². The van der Waals surface area contributed by atoms with Crippen LogP contribution in [0.25, 0.3) is 0 Å². The summed E-state index contributed by atoms with van der Waals surface area (Å²) in [6.45, 7) is 1.88. The van der Waals surface area contributed by atoms with E-state index in [-0.39, 0.29) is 10.8 Å². The fourth-order valence-electron chi connectivity index (χ4n) is 2.55. The van der Waals surface area contributed by atoms with E-state index < -0.39 is 17.6 Å². The zero-order chi connectivity index (χ0) is 13.6. The van der Waals surface area contributed by atoms with Crippen molar-refractivity contribution in [2.45, 2.75) is 43.2 Å². The van der Waals surface area contributed by atoms with Crippen LogP contribution in [-0.4, -0.2) is 5.38 Å². The Labute approximate surface area is 108 Å². The fraction of sp³-hybridized carbons (Fsp3) is 0.538. The van der Waals surface area contributed by atoms with Gasteiger partial charge in [0.15, 0.2) is 0 Å². The molecule has 1 aliphatic rings. The van der Waals surface area contributed by atoms with Crippen LogP contribution in [0, 0.1) is 5.82 Å². The van der Waals surface area contributed by atoms with E-state index in [9.17, 15) is 17.6 Å². The van der Waals surface area contributed by atoms with Crippen LogP contribution in [0.4, 0.5) is 17.6 Å². The minimum Gasteiger partial charge on any atom is -0.206 e. The van der Waals surface area contributed by atoms with E-state index in [2.05, 4.69) is 0 Å². The summed E-state index contributed by atoms with van der Waals surface area (Å²) in [5, 5.41) is -0.0191. The van der Waals surface area contributed by atoms with Crippen molar-refractivity contribution in [3.05, 3.63) is 35.1 Å². The lowest BCUT2D eigenvalue weighted by Crippen LogP contribution is -2.20. The molecule has 0 amide bonds. The molecule has 0 heterocycles. The summed E-state index contributed by atoms with van der Waals surface area (Å²) in [5.74, 6) is -1.23. The van der Waals surface area contributed by atoms with Crippen LogP contribution in [0.15, 0.2) is 18.2 Å². The molecule has 0 N–H and O–H groups in total. The lowest BCUT2D eigenvalue weighted by atomic mass is 9.80. The molecule has 0 bridgehead atoms. The van der Waals surface area contributed by atoms with Crippen molar-refractivity contribution in [2.75, 3.05) is 0 Å². The van der Waals surface area contributed by atoms with E-state index in [1.807, 2.05) is 6.92 Å². The van der Waals surface area contributed by atoms with Crippen molar-refractivity contribution < 1.29 is 17.6 Å². The van der Waals surface area contributed by atoms with E-state index in [1.54, 1.807) is 0 Å². The Morgan fingerprint density at radius 1 is 1.33 bits per heavy atom. The third-order valence-corrected chi connectivity index (χ3v) is 4.02. The Hall–Kier alpha value is -0.770.